The number of Topliss-reactive ketones (excluding diaryl/α,β-unsaturated/α-hetero) is 1. The Bertz CT molecular complexity index is 977. The van der Waals surface area contributed by atoms with Crippen LogP contribution in [0.3, 0.4) is 0 Å². The maximum absolute atomic E-state index is 13.0. The van der Waals surface area contributed by atoms with Crippen molar-refractivity contribution in [1.82, 2.24) is 4.90 Å². The number of carbonyl (C=O) groups is 2. The second-order valence-corrected chi connectivity index (χ2v) is 8.28. The van der Waals surface area contributed by atoms with Crippen molar-refractivity contribution in [3.05, 3.63) is 70.8 Å². The van der Waals surface area contributed by atoms with Crippen molar-refractivity contribution in [2.45, 2.75) is 58.9 Å². The lowest BCUT2D eigenvalue weighted by atomic mass is 9.92. The maximum Gasteiger partial charge on any atom is 0.295 e. The van der Waals surface area contributed by atoms with E-state index >= 15 is 0 Å². The van der Waals surface area contributed by atoms with Crippen LogP contribution in [0.2, 0.25) is 0 Å². The first-order chi connectivity index (χ1) is 15.5. The summed E-state index contributed by atoms with van der Waals surface area (Å²) in [6.45, 7) is 7.27. The first kappa shape index (κ1) is 23.6. The predicted octanol–water partition coefficient (Wildman–Crippen LogP) is 5.79. The van der Waals surface area contributed by atoms with E-state index in [1.807, 2.05) is 38.1 Å². The molecular formula is C27H33NO4. The highest BCUT2D eigenvalue weighted by Crippen LogP contribution is 2.40. The van der Waals surface area contributed by atoms with E-state index < -0.39 is 17.7 Å². The molecule has 5 heteroatoms. The molecule has 0 aliphatic carbocycles. The number of likely N-dealkylation sites (tertiary alicyclic amines) is 1. The fourth-order valence-electron chi connectivity index (χ4n) is 4.06. The average molecular weight is 436 g/mol. The van der Waals surface area contributed by atoms with Crippen LogP contribution in [0, 0.1) is 6.92 Å². The Labute approximate surface area is 190 Å². The lowest BCUT2D eigenvalue weighted by molar-refractivity contribution is -0.139. The zero-order chi connectivity index (χ0) is 23.1. The summed E-state index contributed by atoms with van der Waals surface area (Å²) in [6.07, 6.45) is 4.95. The third kappa shape index (κ3) is 5.04. The van der Waals surface area contributed by atoms with Gasteiger partial charge in [0.05, 0.1) is 18.2 Å². The second kappa shape index (κ2) is 11.0. The van der Waals surface area contributed by atoms with Crippen LogP contribution < -0.4 is 4.74 Å². The molecular weight excluding hydrogens is 402 g/mol. The standard InChI is InChI=1S/C27H33NO4/c1-4-6-10-18-32-21-15-13-20(14-16-21)25(29)23-24(22-12-9-8-11-19(22)3)28(17-7-5-2)27(31)26(23)30/h8-9,11-16,24,29H,4-7,10,17-18H2,1-3H3/b25-23-. The molecule has 1 fully saturated rings. The van der Waals surface area contributed by atoms with Gasteiger partial charge in [-0.1, -0.05) is 57.4 Å². The van der Waals surface area contributed by atoms with Gasteiger partial charge in [-0.25, -0.2) is 0 Å². The number of hydrogen-bond acceptors (Lipinski definition) is 4. The van der Waals surface area contributed by atoms with Gasteiger partial charge in [-0.3, -0.25) is 9.59 Å². The fraction of sp³-hybridized carbons (Fsp3) is 0.407. The topological polar surface area (TPSA) is 66.8 Å². The van der Waals surface area contributed by atoms with Gasteiger partial charge in [0.2, 0.25) is 0 Å². The molecule has 5 nitrogen and oxygen atoms in total. The monoisotopic (exact) mass is 435 g/mol. The van der Waals surface area contributed by atoms with Gasteiger partial charge in [0.1, 0.15) is 11.5 Å². The highest BCUT2D eigenvalue weighted by atomic mass is 16.5. The number of amides is 1. The van der Waals surface area contributed by atoms with Crippen LogP contribution in [-0.4, -0.2) is 34.8 Å². The molecule has 1 heterocycles. The lowest BCUT2D eigenvalue weighted by Gasteiger charge is -2.26. The summed E-state index contributed by atoms with van der Waals surface area (Å²) in [6, 6.07) is 14.2. The van der Waals surface area contributed by atoms with Crippen molar-refractivity contribution in [2.75, 3.05) is 13.2 Å². The van der Waals surface area contributed by atoms with Crippen LogP contribution in [0.25, 0.3) is 5.76 Å². The quantitative estimate of drug-likeness (QED) is 0.222. The summed E-state index contributed by atoms with van der Waals surface area (Å²) in [5.41, 5.74) is 2.48. The van der Waals surface area contributed by atoms with E-state index in [2.05, 4.69) is 6.92 Å². The van der Waals surface area contributed by atoms with Crippen molar-refractivity contribution in [3.8, 4) is 5.75 Å². The molecule has 1 amide bonds. The van der Waals surface area contributed by atoms with Crippen molar-refractivity contribution < 1.29 is 19.4 Å². The summed E-state index contributed by atoms with van der Waals surface area (Å²) in [5.74, 6) is -0.611. The van der Waals surface area contributed by atoms with Crippen LogP contribution >= 0.6 is 0 Å². The van der Waals surface area contributed by atoms with Gasteiger partial charge >= 0.3 is 0 Å². The average Bonchev–Trinajstić information content (AvgIpc) is 3.05. The molecule has 2 aromatic carbocycles. The lowest BCUT2D eigenvalue weighted by Crippen LogP contribution is -2.30. The summed E-state index contributed by atoms with van der Waals surface area (Å²) >= 11 is 0. The van der Waals surface area contributed by atoms with Crippen LogP contribution in [0.5, 0.6) is 5.75 Å². The normalized spacial score (nSPS) is 17.7. The minimum absolute atomic E-state index is 0.145. The van der Waals surface area contributed by atoms with Gasteiger partial charge in [0, 0.05) is 12.1 Å². The SMILES string of the molecule is CCCCCOc1ccc(/C(O)=C2/C(=O)C(=O)N(CCCC)C2c2ccccc2C)cc1. The Morgan fingerprint density at radius 2 is 1.66 bits per heavy atom. The van der Waals surface area contributed by atoms with E-state index in [1.165, 1.54) is 0 Å². The van der Waals surface area contributed by atoms with E-state index in [0.717, 1.165) is 49.0 Å². The zero-order valence-corrected chi connectivity index (χ0v) is 19.3. The molecule has 1 atom stereocenters. The number of aryl methyl sites for hydroxylation is 1. The molecule has 1 aliphatic heterocycles. The Morgan fingerprint density at radius 3 is 2.31 bits per heavy atom. The van der Waals surface area contributed by atoms with Crippen molar-refractivity contribution >= 4 is 17.4 Å². The number of hydrogen-bond donors (Lipinski definition) is 1. The highest BCUT2D eigenvalue weighted by Gasteiger charge is 2.46. The first-order valence-corrected chi connectivity index (χ1v) is 11.6. The van der Waals surface area contributed by atoms with Gasteiger partial charge in [0.15, 0.2) is 0 Å². The molecule has 1 saturated heterocycles. The molecule has 0 saturated carbocycles. The summed E-state index contributed by atoms with van der Waals surface area (Å²) in [4.78, 5) is 27.5. The van der Waals surface area contributed by atoms with Crippen molar-refractivity contribution in [1.29, 1.82) is 0 Å². The van der Waals surface area contributed by atoms with E-state index in [1.54, 1.807) is 29.2 Å². The fourth-order valence-corrected chi connectivity index (χ4v) is 4.06. The van der Waals surface area contributed by atoms with E-state index in [-0.39, 0.29) is 11.3 Å². The van der Waals surface area contributed by atoms with E-state index in [0.29, 0.717) is 18.7 Å². The molecule has 1 N–H and O–H groups in total. The molecule has 1 aliphatic rings. The largest absolute Gasteiger partial charge is 0.507 e. The number of ether oxygens (including phenoxy) is 1. The van der Waals surface area contributed by atoms with Gasteiger partial charge in [-0.05, 0) is 55.2 Å². The molecule has 2 aromatic rings. The molecule has 0 aromatic heterocycles. The third-order valence-corrected chi connectivity index (χ3v) is 5.92. The Morgan fingerprint density at radius 1 is 0.969 bits per heavy atom. The Kier molecular flexibility index (Phi) is 8.09. The van der Waals surface area contributed by atoms with Gasteiger partial charge in [-0.2, -0.15) is 0 Å². The van der Waals surface area contributed by atoms with Crippen LogP contribution in [0.15, 0.2) is 54.1 Å². The van der Waals surface area contributed by atoms with Crippen molar-refractivity contribution in [2.24, 2.45) is 0 Å². The molecule has 3 rings (SSSR count). The van der Waals surface area contributed by atoms with Crippen LogP contribution in [-0.2, 0) is 9.59 Å². The number of aliphatic hydroxyl groups is 1. The molecule has 0 bridgehead atoms. The molecule has 32 heavy (non-hydrogen) atoms. The summed E-state index contributed by atoms with van der Waals surface area (Å²) in [7, 11) is 0. The molecule has 1 unspecified atom stereocenters. The minimum atomic E-state index is -0.633. The molecule has 0 radical (unpaired) electrons. The number of nitrogens with zero attached hydrogens (tertiary/aromatic N) is 1. The van der Waals surface area contributed by atoms with Gasteiger partial charge < -0.3 is 14.7 Å². The molecule has 170 valence electrons. The van der Waals surface area contributed by atoms with Gasteiger partial charge in [-0.15, -0.1) is 0 Å². The number of aliphatic hydroxyl groups excluding tert-OH is 1. The second-order valence-electron chi connectivity index (χ2n) is 8.28. The van der Waals surface area contributed by atoms with E-state index in [9.17, 15) is 14.7 Å². The van der Waals surface area contributed by atoms with Gasteiger partial charge in [0.25, 0.3) is 11.7 Å². The number of benzene rings is 2. The third-order valence-electron chi connectivity index (χ3n) is 5.92. The number of ketones is 1. The molecule has 0 spiro atoms. The Balaban J connectivity index is 1.97. The number of carbonyl (C=O) groups excluding carboxylic acids is 2. The van der Waals surface area contributed by atoms with E-state index in [4.69, 9.17) is 4.74 Å². The number of unbranched alkanes of at least 4 members (excludes halogenated alkanes) is 3. The summed E-state index contributed by atoms with van der Waals surface area (Å²) in [5, 5.41) is 11.2. The Hall–Kier alpha value is -3.08. The van der Waals surface area contributed by atoms with Crippen LogP contribution in [0.1, 0.15) is 68.7 Å². The predicted molar refractivity (Wildman–Crippen MR) is 127 cm³/mol. The minimum Gasteiger partial charge on any atom is -0.507 e. The smallest absolute Gasteiger partial charge is 0.295 e. The zero-order valence-electron chi connectivity index (χ0n) is 19.3. The maximum atomic E-state index is 13.0. The van der Waals surface area contributed by atoms with Crippen molar-refractivity contribution in [3.63, 3.8) is 0 Å². The number of rotatable bonds is 10. The highest BCUT2D eigenvalue weighted by molar-refractivity contribution is 6.46. The van der Waals surface area contributed by atoms with Crippen LogP contribution in [0.4, 0.5) is 0 Å². The summed E-state index contributed by atoms with van der Waals surface area (Å²) < 4.78 is 5.75. The first-order valence-electron chi connectivity index (χ1n) is 11.6.